The smallest absolute Gasteiger partial charge is 0.242 e. The van der Waals surface area contributed by atoms with Gasteiger partial charge in [0.15, 0.2) is 11.5 Å². The Kier molecular flexibility index (Phi) is 3.74. The number of methoxy groups -OCH3 is 2. The molecule has 4 N–H and O–H groups in total. The third-order valence-corrected chi connectivity index (χ3v) is 4.98. The molecule has 0 spiro atoms. The van der Waals surface area contributed by atoms with Gasteiger partial charge in [-0.3, -0.25) is 9.69 Å². The summed E-state index contributed by atoms with van der Waals surface area (Å²) in [4.78, 5) is 14.6. The maximum atomic E-state index is 12.4. The van der Waals surface area contributed by atoms with Crippen LogP contribution < -0.4 is 20.9 Å². The first-order chi connectivity index (χ1) is 10.5. The lowest BCUT2D eigenvalue weighted by atomic mass is 9.73. The van der Waals surface area contributed by atoms with Crippen molar-refractivity contribution in [1.29, 1.82) is 0 Å². The third kappa shape index (κ3) is 2.06. The number of benzene rings is 1. The van der Waals surface area contributed by atoms with Crippen LogP contribution in [-0.4, -0.2) is 44.2 Å². The maximum absolute atomic E-state index is 12.4. The Bertz CT molecular complexity index is 605. The van der Waals surface area contributed by atoms with E-state index in [2.05, 4.69) is 4.90 Å². The van der Waals surface area contributed by atoms with Gasteiger partial charge in [0, 0.05) is 19.1 Å². The summed E-state index contributed by atoms with van der Waals surface area (Å²) >= 11 is 0. The molecule has 22 heavy (non-hydrogen) atoms. The molecule has 2 aliphatic rings. The van der Waals surface area contributed by atoms with E-state index in [-0.39, 0.29) is 11.9 Å². The van der Waals surface area contributed by atoms with Gasteiger partial charge in [0.25, 0.3) is 0 Å². The third-order valence-electron chi connectivity index (χ3n) is 4.98. The van der Waals surface area contributed by atoms with E-state index in [1.165, 1.54) is 0 Å². The molecular formula is C16H23N3O3. The predicted molar refractivity (Wildman–Crippen MR) is 82.9 cm³/mol. The molecule has 0 bridgehead atoms. The minimum Gasteiger partial charge on any atom is -0.493 e. The topological polar surface area (TPSA) is 90.8 Å². The summed E-state index contributed by atoms with van der Waals surface area (Å²) in [5.41, 5.74) is 13.2. The summed E-state index contributed by atoms with van der Waals surface area (Å²) in [6, 6.07) is 3.82. The fraction of sp³-hybridized carbons (Fsp3) is 0.562. The molecule has 1 saturated heterocycles. The van der Waals surface area contributed by atoms with Crippen LogP contribution in [0, 0.1) is 0 Å². The minimum absolute atomic E-state index is 0.0252. The second-order valence-electron chi connectivity index (χ2n) is 6.08. The molecular weight excluding hydrogens is 282 g/mol. The molecule has 1 aromatic carbocycles. The quantitative estimate of drug-likeness (QED) is 0.841. The molecule has 2 atom stereocenters. The molecule has 0 aliphatic carbocycles. The molecule has 6 nitrogen and oxygen atoms in total. The van der Waals surface area contributed by atoms with E-state index in [0.717, 1.165) is 37.1 Å². The number of rotatable bonds is 3. The van der Waals surface area contributed by atoms with E-state index in [9.17, 15) is 4.79 Å². The number of fused-ring (bicyclic) bond motifs is 3. The summed E-state index contributed by atoms with van der Waals surface area (Å²) in [5, 5.41) is 0. The average molecular weight is 305 g/mol. The van der Waals surface area contributed by atoms with E-state index < -0.39 is 5.54 Å². The van der Waals surface area contributed by atoms with Gasteiger partial charge in [0.05, 0.1) is 14.2 Å². The number of nitrogens with two attached hydrogens (primary N) is 2. The lowest BCUT2D eigenvalue weighted by Gasteiger charge is -2.50. The molecule has 1 aromatic rings. The summed E-state index contributed by atoms with van der Waals surface area (Å²) in [5.74, 6) is 0.952. The van der Waals surface area contributed by atoms with Crippen LogP contribution in [0.15, 0.2) is 12.1 Å². The van der Waals surface area contributed by atoms with Crippen LogP contribution in [0.25, 0.3) is 0 Å². The molecule has 1 fully saturated rings. The van der Waals surface area contributed by atoms with Gasteiger partial charge in [-0.15, -0.1) is 0 Å². The summed E-state index contributed by atoms with van der Waals surface area (Å²) < 4.78 is 10.8. The van der Waals surface area contributed by atoms with Crippen molar-refractivity contribution >= 4 is 5.91 Å². The molecule has 2 unspecified atom stereocenters. The van der Waals surface area contributed by atoms with Gasteiger partial charge in [0.2, 0.25) is 5.91 Å². The first-order valence-corrected chi connectivity index (χ1v) is 7.59. The number of nitrogens with zero attached hydrogens (tertiary/aromatic N) is 1. The van der Waals surface area contributed by atoms with Crippen molar-refractivity contribution in [2.45, 2.75) is 30.8 Å². The number of hydrogen-bond donors (Lipinski definition) is 2. The van der Waals surface area contributed by atoms with Crippen LogP contribution in [0.2, 0.25) is 0 Å². The van der Waals surface area contributed by atoms with Gasteiger partial charge in [-0.05, 0) is 42.5 Å². The molecule has 1 amide bonds. The summed E-state index contributed by atoms with van der Waals surface area (Å²) in [7, 11) is 3.20. The van der Waals surface area contributed by atoms with Gasteiger partial charge in [-0.25, -0.2) is 0 Å². The average Bonchev–Trinajstić information content (AvgIpc) is 2.52. The van der Waals surface area contributed by atoms with Gasteiger partial charge in [-0.2, -0.15) is 0 Å². The number of piperidine rings is 1. The summed E-state index contributed by atoms with van der Waals surface area (Å²) in [6.45, 7) is 1.59. The first kappa shape index (κ1) is 15.1. The van der Waals surface area contributed by atoms with Crippen LogP contribution in [0.4, 0.5) is 0 Å². The number of carbonyl (C=O) groups excluding carboxylic acids is 1. The van der Waals surface area contributed by atoms with Crippen molar-refractivity contribution in [3.05, 3.63) is 23.3 Å². The lowest BCUT2D eigenvalue weighted by Crippen LogP contribution is -2.63. The van der Waals surface area contributed by atoms with Crippen molar-refractivity contribution in [2.75, 3.05) is 27.3 Å². The second kappa shape index (κ2) is 5.44. The number of primary amides is 1. The maximum Gasteiger partial charge on any atom is 0.242 e. The van der Waals surface area contributed by atoms with Crippen LogP contribution in [0.1, 0.15) is 24.0 Å². The molecule has 6 heteroatoms. The standard InChI is InChI=1S/C16H23N3O3/c1-21-13-7-10-3-5-19-6-4-11(17)9-16(19,15(18)20)12(10)8-14(13)22-2/h7-8,11H,3-6,9,17H2,1-2H3,(H2,18,20). The molecule has 0 aromatic heterocycles. The van der Waals surface area contributed by atoms with E-state index in [1.807, 2.05) is 12.1 Å². The molecule has 3 rings (SSSR count). The summed E-state index contributed by atoms with van der Waals surface area (Å²) in [6.07, 6.45) is 2.29. The van der Waals surface area contributed by atoms with E-state index in [4.69, 9.17) is 20.9 Å². The van der Waals surface area contributed by atoms with Gasteiger partial charge < -0.3 is 20.9 Å². The van der Waals surface area contributed by atoms with E-state index in [1.54, 1.807) is 14.2 Å². The van der Waals surface area contributed by atoms with Crippen LogP contribution >= 0.6 is 0 Å². The molecule has 120 valence electrons. The Morgan fingerprint density at radius 3 is 2.59 bits per heavy atom. The van der Waals surface area contributed by atoms with Gasteiger partial charge in [0.1, 0.15) is 5.54 Å². The van der Waals surface area contributed by atoms with Gasteiger partial charge in [-0.1, -0.05) is 0 Å². The fourth-order valence-corrected chi connectivity index (χ4v) is 3.86. The number of hydrogen-bond acceptors (Lipinski definition) is 5. The largest absolute Gasteiger partial charge is 0.493 e. The number of carbonyl (C=O) groups is 1. The Morgan fingerprint density at radius 2 is 1.95 bits per heavy atom. The minimum atomic E-state index is -0.829. The molecule has 0 radical (unpaired) electrons. The SMILES string of the molecule is COc1cc2c(cc1OC)C1(C(N)=O)CC(N)CCN1CC2. The second-order valence-corrected chi connectivity index (χ2v) is 6.08. The van der Waals surface area contributed by atoms with Crippen LogP contribution in [0.3, 0.4) is 0 Å². The zero-order chi connectivity index (χ0) is 15.9. The Hall–Kier alpha value is -1.79. The number of ether oxygens (including phenoxy) is 2. The highest BCUT2D eigenvalue weighted by molar-refractivity contribution is 5.87. The highest BCUT2D eigenvalue weighted by atomic mass is 16.5. The van der Waals surface area contributed by atoms with E-state index in [0.29, 0.717) is 17.9 Å². The Labute approximate surface area is 130 Å². The van der Waals surface area contributed by atoms with Crippen molar-refractivity contribution < 1.29 is 14.3 Å². The molecule has 2 aliphatic heterocycles. The lowest BCUT2D eigenvalue weighted by molar-refractivity contribution is -0.135. The Morgan fingerprint density at radius 1 is 1.27 bits per heavy atom. The molecule has 0 saturated carbocycles. The van der Waals surface area contributed by atoms with E-state index >= 15 is 0 Å². The van der Waals surface area contributed by atoms with Gasteiger partial charge >= 0.3 is 0 Å². The fourth-order valence-electron chi connectivity index (χ4n) is 3.86. The van der Waals surface area contributed by atoms with Crippen molar-refractivity contribution in [3.63, 3.8) is 0 Å². The normalized spacial score (nSPS) is 27.7. The van der Waals surface area contributed by atoms with Crippen LogP contribution in [-0.2, 0) is 16.8 Å². The predicted octanol–water partition coefficient (Wildman–Crippen LogP) is 0.364. The monoisotopic (exact) mass is 305 g/mol. The van der Waals surface area contributed by atoms with Crippen molar-refractivity contribution in [3.8, 4) is 11.5 Å². The highest BCUT2D eigenvalue weighted by Gasteiger charge is 2.51. The highest BCUT2D eigenvalue weighted by Crippen LogP contribution is 2.45. The zero-order valence-corrected chi connectivity index (χ0v) is 13.1. The number of amides is 1. The van der Waals surface area contributed by atoms with Crippen molar-refractivity contribution in [2.24, 2.45) is 11.5 Å². The Balaban J connectivity index is 2.20. The van der Waals surface area contributed by atoms with Crippen molar-refractivity contribution in [1.82, 2.24) is 4.90 Å². The first-order valence-electron chi connectivity index (χ1n) is 7.59. The molecule has 2 heterocycles. The van der Waals surface area contributed by atoms with Crippen LogP contribution in [0.5, 0.6) is 11.5 Å². The zero-order valence-electron chi connectivity index (χ0n) is 13.1.